The number of aryl methyl sites for hydroxylation is 1. The third-order valence-electron chi connectivity index (χ3n) is 5.56. The first-order valence-electron chi connectivity index (χ1n) is 11.2. The Morgan fingerprint density at radius 2 is 1.75 bits per heavy atom. The molecule has 1 aliphatic rings. The third-order valence-corrected chi connectivity index (χ3v) is 6.46. The summed E-state index contributed by atoms with van der Waals surface area (Å²) in [5.41, 5.74) is 4.29. The van der Waals surface area contributed by atoms with Crippen LogP contribution in [0.3, 0.4) is 0 Å². The van der Waals surface area contributed by atoms with Gasteiger partial charge in [-0.3, -0.25) is 14.5 Å². The van der Waals surface area contributed by atoms with Crippen LogP contribution in [0.15, 0.2) is 47.4 Å². The van der Waals surface area contributed by atoms with E-state index in [1.54, 1.807) is 6.08 Å². The number of anilines is 1. The lowest BCUT2D eigenvalue weighted by atomic mass is 10.0. The quantitative estimate of drug-likeness (QED) is 0.432. The van der Waals surface area contributed by atoms with Crippen LogP contribution in [0.4, 0.5) is 10.5 Å². The van der Waals surface area contributed by atoms with Crippen molar-refractivity contribution in [3.63, 3.8) is 0 Å². The monoisotopic (exact) mass is 452 g/mol. The summed E-state index contributed by atoms with van der Waals surface area (Å²) >= 11 is 0.985. The van der Waals surface area contributed by atoms with Gasteiger partial charge in [0.1, 0.15) is 12.4 Å². The summed E-state index contributed by atoms with van der Waals surface area (Å²) in [5.74, 6) is 0.888. The van der Waals surface area contributed by atoms with E-state index in [-0.39, 0.29) is 24.3 Å². The highest BCUT2D eigenvalue weighted by atomic mass is 32.2. The minimum atomic E-state index is -0.259. The molecule has 170 valence electrons. The Labute approximate surface area is 195 Å². The Morgan fingerprint density at radius 3 is 2.38 bits per heavy atom. The third kappa shape index (κ3) is 5.54. The molecule has 0 unspecified atom stereocenters. The zero-order valence-corrected chi connectivity index (χ0v) is 20.4. The largest absolute Gasteiger partial charge is 0.491 e. The molecule has 2 aromatic rings. The summed E-state index contributed by atoms with van der Waals surface area (Å²) < 4.78 is 5.97. The van der Waals surface area contributed by atoms with Gasteiger partial charge in [0.2, 0.25) is 0 Å². The first-order chi connectivity index (χ1) is 15.3. The molecule has 1 heterocycles. The fraction of sp³-hybridized carbons (Fsp3) is 0.385. The van der Waals surface area contributed by atoms with E-state index in [9.17, 15) is 9.59 Å². The van der Waals surface area contributed by atoms with E-state index in [2.05, 4.69) is 44.7 Å². The number of rotatable bonds is 9. The molecule has 5 nitrogen and oxygen atoms in total. The highest BCUT2D eigenvalue weighted by Gasteiger charge is 2.34. The van der Waals surface area contributed by atoms with Crippen LogP contribution in [0, 0.1) is 6.92 Å². The Kier molecular flexibility index (Phi) is 8.02. The average molecular weight is 453 g/mol. The Morgan fingerprint density at radius 1 is 1.06 bits per heavy atom. The van der Waals surface area contributed by atoms with Crippen molar-refractivity contribution in [3.8, 4) is 5.75 Å². The highest BCUT2D eigenvalue weighted by molar-refractivity contribution is 8.18. The normalized spacial score (nSPS) is 15.2. The topological polar surface area (TPSA) is 49.9 Å². The predicted octanol–water partition coefficient (Wildman–Crippen LogP) is 6.08. The van der Waals surface area contributed by atoms with E-state index >= 15 is 0 Å². The summed E-state index contributed by atoms with van der Waals surface area (Å²) in [6.07, 6.45) is 1.79. The zero-order chi connectivity index (χ0) is 23.3. The molecule has 0 N–H and O–H groups in total. The highest BCUT2D eigenvalue weighted by Crippen LogP contribution is 2.33. The first kappa shape index (κ1) is 23.9. The van der Waals surface area contributed by atoms with Crippen molar-refractivity contribution in [2.24, 2.45) is 0 Å². The van der Waals surface area contributed by atoms with Gasteiger partial charge in [0.15, 0.2) is 0 Å². The first-order valence-corrected chi connectivity index (χ1v) is 12.0. The molecular formula is C26H32N2O3S. The maximum Gasteiger partial charge on any atom is 0.293 e. The molecule has 2 amide bonds. The smallest absolute Gasteiger partial charge is 0.293 e. The average Bonchev–Trinajstić information content (AvgIpc) is 3.03. The molecule has 1 fully saturated rings. The molecule has 6 heteroatoms. The fourth-order valence-corrected chi connectivity index (χ4v) is 4.57. The second-order valence-corrected chi connectivity index (χ2v) is 9.13. The number of imide groups is 1. The van der Waals surface area contributed by atoms with Gasteiger partial charge in [0, 0.05) is 18.8 Å². The van der Waals surface area contributed by atoms with Gasteiger partial charge in [0.05, 0.1) is 11.4 Å². The van der Waals surface area contributed by atoms with E-state index in [1.807, 2.05) is 37.3 Å². The zero-order valence-electron chi connectivity index (χ0n) is 19.6. The second kappa shape index (κ2) is 10.7. The van der Waals surface area contributed by atoms with Crippen molar-refractivity contribution >= 4 is 34.7 Å². The lowest BCUT2D eigenvalue weighted by Crippen LogP contribution is -2.32. The van der Waals surface area contributed by atoms with Gasteiger partial charge >= 0.3 is 0 Å². The standard InChI is InChI=1S/C26H32N2O3S/c1-6-27(7-2)21-11-9-20(10-12-21)17-24-25(29)28(26(30)32-24)14-15-31-23-16-19(5)8-13-22(23)18(3)4/h8-13,16-18H,6-7,14-15H2,1-5H3/b24-17-. The Hall–Kier alpha value is -2.73. The van der Waals surface area contributed by atoms with Gasteiger partial charge < -0.3 is 9.64 Å². The van der Waals surface area contributed by atoms with Crippen LogP contribution in [0.25, 0.3) is 6.08 Å². The lowest BCUT2D eigenvalue weighted by molar-refractivity contribution is -0.123. The second-order valence-electron chi connectivity index (χ2n) is 8.14. The Balaban J connectivity index is 1.64. The molecule has 1 saturated heterocycles. The molecule has 2 aromatic carbocycles. The van der Waals surface area contributed by atoms with E-state index in [0.717, 1.165) is 53.0 Å². The molecule has 1 aliphatic heterocycles. The molecule has 0 aliphatic carbocycles. The number of thioether (sulfide) groups is 1. The van der Waals surface area contributed by atoms with Gasteiger partial charge in [-0.25, -0.2) is 0 Å². The maximum atomic E-state index is 12.8. The minimum Gasteiger partial charge on any atom is -0.491 e. The van der Waals surface area contributed by atoms with E-state index in [0.29, 0.717) is 10.8 Å². The number of amides is 2. The molecule has 3 rings (SSSR count). The molecular weight excluding hydrogens is 420 g/mol. The van der Waals surface area contributed by atoms with Gasteiger partial charge in [-0.15, -0.1) is 0 Å². The molecule has 0 bridgehead atoms. The van der Waals surface area contributed by atoms with Crippen LogP contribution in [0.5, 0.6) is 5.75 Å². The van der Waals surface area contributed by atoms with Crippen LogP contribution in [0.2, 0.25) is 0 Å². The summed E-state index contributed by atoms with van der Waals surface area (Å²) in [6, 6.07) is 14.2. The van der Waals surface area contributed by atoms with E-state index in [4.69, 9.17) is 4.74 Å². The SMILES string of the molecule is CCN(CC)c1ccc(/C=C2\SC(=O)N(CCOc3cc(C)ccc3C(C)C)C2=O)cc1. The van der Waals surface area contributed by atoms with Crippen LogP contribution in [-0.4, -0.2) is 42.3 Å². The molecule has 0 aromatic heterocycles. The van der Waals surface area contributed by atoms with Crippen molar-refractivity contribution in [1.82, 2.24) is 4.90 Å². The number of hydrogen-bond acceptors (Lipinski definition) is 5. The van der Waals surface area contributed by atoms with Crippen molar-refractivity contribution < 1.29 is 14.3 Å². The van der Waals surface area contributed by atoms with E-state index in [1.165, 1.54) is 4.90 Å². The summed E-state index contributed by atoms with van der Waals surface area (Å²) in [6.45, 7) is 12.9. The Bertz CT molecular complexity index is 995. The lowest BCUT2D eigenvalue weighted by Gasteiger charge is -2.20. The van der Waals surface area contributed by atoms with E-state index < -0.39 is 0 Å². The van der Waals surface area contributed by atoms with Crippen molar-refractivity contribution in [2.45, 2.75) is 40.5 Å². The van der Waals surface area contributed by atoms with Gasteiger partial charge in [0.25, 0.3) is 11.1 Å². The fourth-order valence-electron chi connectivity index (χ4n) is 3.70. The molecule has 0 saturated carbocycles. The van der Waals surface area contributed by atoms with Gasteiger partial charge in [-0.1, -0.05) is 38.1 Å². The number of nitrogens with zero attached hydrogens (tertiary/aromatic N) is 2. The van der Waals surface area contributed by atoms with Crippen LogP contribution >= 0.6 is 11.8 Å². The van der Waals surface area contributed by atoms with Crippen molar-refractivity contribution in [2.75, 3.05) is 31.1 Å². The number of ether oxygens (including phenoxy) is 1. The molecule has 32 heavy (non-hydrogen) atoms. The van der Waals surface area contributed by atoms with Gasteiger partial charge in [-0.2, -0.15) is 0 Å². The number of carbonyl (C=O) groups excluding carboxylic acids is 2. The molecule has 0 atom stereocenters. The van der Waals surface area contributed by atoms with Crippen molar-refractivity contribution in [3.05, 3.63) is 64.1 Å². The number of hydrogen-bond donors (Lipinski definition) is 0. The number of carbonyl (C=O) groups is 2. The summed E-state index contributed by atoms with van der Waals surface area (Å²) in [5, 5.41) is -0.252. The summed E-state index contributed by atoms with van der Waals surface area (Å²) in [4.78, 5) is 29.2. The summed E-state index contributed by atoms with van der Waals surface area (Å²) in [7, 11) is 0. The van der Waals surface area contributed by atoms with Crippen LogP contribution in [-0.2, 0) is 4.79 Å². The van der Waals surface area contributed by atoms with Crippen LogP contribution < -0.4 is 9.64 Å². The predicted molar refractivity (Wildman–Crippen MR) is 133 cm³/mol. The maximum absolute atomic E-state index is 12.8. The molecule has 0 spiro atoms. The minimum absolute atomic E-state index is 0.231. The van der Waals surface area contributed by atoms with Crippen molar-refractivity contribution in [1.29, 1.82) is 0 Å². The number of benzene rings is 2. The molecule has 0 radical (unpaired) electrons. The van der Waals surface area contributed by atoms with Crippen LogP contribution in [0.1, 0.15) is 50.3 Å². The van der Waals surface area contributed by atoms with Gasteiger partial charge in [-0.05, 0) is 79.4 Å².